The number of hydrogen-bond acceptors (Lipinski definition) is 0. The molecule has 0 aliphatic heterocycles. The first-order valence-corrected chi connectivity index (χ1v) is 11.0. The maximum Gasteiger partial charge on any atom is 0.100 e. The van der Waals surface area contributed by atoms with Gasteiger partial charge in [0.1, 0.15) is 5.83 Å². The van der Waals surface area contributed by atoms with E-state index in [0.29, 0.717) is 6.42 Å². The van der Waals surface area contributed by atoms with Crippen LogP contribution in [0, 0.1) is 34.0 Å². The molecule has 1 aliphatic carbocycles. The molecule has 164 valence electrons. The lowest BCUT2D eigenvalue weighted by atomic mass is 9.54. The molecule has 0 spiro atoms. The van der Waals surface area contributed by atoms with Gasteiger partial charge in [-0.2, -0.15) is 0 Å². The molecule has 0 nitrogen and oxygen atoms in total. The fraction of sp³-hybridized carbons (Fsp3) is 0.517. The largest absolute Gasteiger partial charge is 0.212 e. The minimum atomic E-state index is -0.133. The van der Waals surface area contributed by atoms with Gasteiger partial charge in [0.25, 0.3) is 0 Å². The Morgan fingerprint density at radius 1 is 1.17 bits per heavy atom. The summed E-state index contributed by atoms with van der Waals surface area (Å²) in [6.45, 7) is 23.2. The Morgan fingerprint density at radius 3 is 2.30 bits per heavy atom. The van der Waals surface area contributed by atoms with E-state index in [1.165, 1.54) is 5.57 Å². The summed E-state index contributed by atoms with van der Waals surface area (Å²) >= 11 is 0. The van der Waals surface area contributed by atoms with Crippen molar-refractivity contribution in [2.75, 3.05) is 0 Å². The summed E-state index contributed by atoms with van der Waals surface area (Å²) in [5.41, 5.74) is 3.28. The summed E-state index contributed by atoms with van der Waals surface area (Å²) in [5.74, 6) is 6.19. The Balaban J connectivity index is 3.04. The van der Waals surface area contributed by atoms with Crippen LogP contribution in [-0.2, 0) is 0 Å². The third kappa shape index (κ3) is 5.98. The average Bonchev–Trinajstić information content (AvgIpc) is 2.63. The predicted octanol–water partition coefficient (Wildman–Crippen LogP) is 8.91. The van der Waals surface area contributed by atoms with Crippen LogP contribution in [0.4, 0.5) is 4.39 Å². The van der Waals surface area contributed by atoms with Crippen molar-refractivity contribution < 1.29 is 4.39 Å². The zero-order valence-corrected chi connectivity index (χ0v) is 20.6. The third-order valence-corrected chi connectivity index (χ3v) is 6.86. The van der Waals surface area contributed by atoms with Gasteiger partial charge in [-0.3, -0.25) is 0 Å². The second-order valence-corrected chi connectivity index (χ2v) is 10.1. The molecule has 1 aliphatic rings. The second kappa shape index (κ2) is 10.3. The molecule has 0 heterocycles. The lowest BCUT2D eigenvalue weighted by Crippen LogP contribution is -2.39. The molecule has 2 atom stereocenters. The molecule has 0 radical (unpaired) electrons. The van der Waals surface area contributed by atoms with Crippen LogP contribution in [0.1, 0.15) is 75.2 Å². The van der Waals surface area contributed by atoms with Crippen LogP contribution in [0.5, 0.6) is 0 Å². The average molecular weight is 409 g/mol. The first-order chi connectivity index (χ1) is 13.8. The van der Waals surface area contributed by atoms with Crippen LogP contribution in [-0.4, -0.2) is 0 Å². The van der Waals surface area contributed by atoms with E-state index in [9.17, 15) is 4.39 Å². The van der Waals surface area contributed by atoms with Gasteiger partial charge in [0.05, 0.1) is 0 Å². The van der Waals surface area contributed by atoms with Crippen molar-refractivity contribution in [1.82, 2.24) is 0 Å². The van der Waals surface area contributed by atoms with Gasteiger partial charge in [0.2, 0.25) is 0 Å². The lowest BCUT2D eigenvalue weighted by Gasteiger charge is -2.49. The Labute approximate surface area is 185 Å². The molecule has 1 fully saturated rings. The minimum Gasteiger partial charge on any atom is -0.212 e. The summed E-state index contributed by atoms with van der Waals surface area (Å²) < 4.78 is 14.6. The zero-order chi connectivity index (χ0) is 23.2. The molecule has 0 saturated heterocycles. The van der Waals surface area contributed by atoms with E-state index in [2.05, 4.69) is 104 Å². The van der Waals surface area contributed by atoms with E-state index >= 15 is 0 Å². The van der Waals surface area contributed by atoms with Crippen LogP contribution in [0.2, 0.25) is 0 Å². The van der Waals surface area contributed by atoms with Crippen molar-refractivity contribution in [3.8, 4) is 11.8 Å². The van der Waals surface area contributed by atoms with Gasteiger partial charge in [-0.25, -0.2) is 4.39 Å². The molecule has 0 amide bonds. The Bertz CT molecular complexity index is 837. The van der Waals surface area contributed by atoms with Gasteiger partial charge in [0.15, 0.2) is 0 Å². The van der Waals surface area contributed by atoms with Gasteiger partial charge in [0, 0.05) is 23.3 Å². The molecule has 0 aromatic heterocycles. The number of hydrogen-bond donors (Lipinski definition) is 0. The second-order valence-electron chi connectivity index (χ2n) is 10.1. The van der Waals surface area contributed by atoms with Crippen molar-refractivity contribution >= 4 is 0 Å². The molecule has 0 aromatic rings. The van der Waals surface area contributed by atoms with E-state index < -0.39 is 0 Å². The summed E-state index contributed by atoms with van der Waals surface area (Å²) in [5, 5.41) is 0. The Hall–Kier alpha value is -2.07. The fourth-order valence-corrected chi connectivity index (χ4v) is 3.76. The lowest BCUT2D eigenvalue weighted by molar-refractivity contribution is 0.124. The molecule has 0 N–H and O–H groups in total. The first-order valence-electron chi connectivity index (χ1n) is 11.0. The molecular weight excluding hydrogens is 367 g/mol. The highest BCUT2D eigenvalue weighted by Crippen LogP contribution is 2.56. The van der Waals surface area contributed by atoms with Crippen molar-refractivity contribution in [3.63, 3.8) is 0 Å². The van der Waals surface area contributed by atoms with Crippen molar-refractivity contribution in [3.05, 3.63) is 71.7 Å². The molecule has 1 rings (SSSR count). The highest BCUT2D eigenvalue weighted by molar-refractivity contribution is 5.55. The maximum atomic E-state index is 14.6. The zero-order valence-electron chi connectivity index (χ0n) is 20.6. The first kappa shape index (κ1) is 26.0. The molecular formula is C29H41F. The molecule has 0 bridgehead atoms. The van der Waals surface area contributed by atoms with Gasteiger partial charge in [-0.15, -0.1) is 5.92 Å². The third-order valence-electron chi connectivity index (χ3n) is 6.86. The van der Waals surface area contributed by atoms with E-state index in [4.69, 9.17) is 0 Å². The van der Waals surface area contributed by atoms with Crippen molar-refractivity contribution in [1.29, 1.82) is 0 Å². The Morgan fingerprint density at radius 2 is 1.80 bits per heavy atom. The van der Waals surface area contributed by atoms with Gasteiger partial charge < -0.3 is 0 Å². The van der Waals surface area contributed by atoms with E-state index in [1.807, 2.05) is 13.0 Å². The van der Waals surface area contributed by atoms with Crippen molar-refractivity contribution in [2.24, 2.45) is 22.2 Å². The molecule has 2 unspecified atom stereocenters. The molecule has 1 heteroatoms. The molecule has 1 saturated carbocycles. The number of rotatable bonds is 7. The quantitative estimate of drug-likeness (QED) is 0.291. The molecule has 30 heavy (non-hydrogen) atoms. The monoisotopic (exact) mass is 408 g/mol. The fourth-order valence-electron chi connectivity index (χ4n) is 3.76. The normalized spacial score (nSPS) is 25.1. The summed E-state index contributed by atoms with van der Waals surface area (Å²) in [6, 6.07) is 0. The Kier molecular flexibility index (Phi) is 8.91. The molecule has 0 aromatic carbocycles. The van der Waals surface area contributed by atoms with Crippen LogP contribution in [0.3, 0.4) is 0 Å². The SMILES string of the molecule is C=C1/C(=C/C)C(C)(/C=C\C=C(\C#CC)CC)C1/C=C\C=C(\F)CC(C)(C)C(C)(C)C. The van der Waals surface area contributed by atoms with E-state index in [-0.39, 0.29) is 28.0 Å². The standard InChI is InChI=1S/C29H41F/c1-11-16-23(12-2)17-15-20-29(10)25(13-3)22(4)26(29)19-14-18-24(30)21-28(8,9)27(5,6)7/h13-15,17-20,26H,4,12,21H2,1-3,5-10H3/b19-14-,20-15-,23-17+,24-18+,25-13-. The van der Waals surface area contributed by atoms with Gasteiger partial charge in [-0.1, -0.05) is 97.4 Å². The van der Waals surface area contributed by atoms with Crippen LogP contribution < -0.4 is 0 Å². The van der Waals surface area contributed by atoms with Crippen LogP contribution in [0.15, 0.2) is 71.7 Å². The summed E-state index contributed by atoms with van der Waals surface area (Å²) in [4.78, 5) is 0. The number of halogens is 1. The maximum absolute atomic E-state index is 14.6. The topological polar surface area (TPSA) is 0 Å². The number of allylic oxidation sites excluding steroid dienone is 11. The minimum absolute atomic E-state index is 0.0430. The van der Waals surface area contributed by atoms with E-state index in [1.54, 1.807) is 6.08 Å². The van der Waals surface area contributed by atoms with E-state index in [0.717, 1.165) is 17.6 Å². The predicted molar refractivity (Wildman–Crippen MR) is 132 cm³/mol. The summed E-state index contributed by atoms with van der Waals surface area (Å²) in [6.07, 6.45) is 15.5. The smallest absolute Gasteiger partial charge is 0.100 e. The van der Waals surface area contributed by atoms with Gasteiger partial charge >= 0.3 is 0 Å². The summed E-state index contributed by atoms with van der Waals surface area (Å²) in [7, 11) is 0. The van der Waals surface area contributed by atoms with Gasteiger partial charge in [-0.05, 0) is 48.3 Å². The van der Waals surface area contributed by atoms with Crippen LogP contribution in [0.25, 0.3) is 0 Å². The van der Waals surface area contributed by atoms with Crippen LogP contribution >= 0.6 is 0 Å². The highest BCUT2D eigenvalue weighted by Gasteiger charge is 2.46. The highest BCUT2D eigenvalue weighted by atomic mass is 19.1. The van der Waals surface area contributed by atoms with Crippen molar-refractivity contribution in [2.45, 2.75) is 75.2 Å².